The van der Waals surface area contributed by atoms with Crippen molar-refractivity contribution in [3.8, 4) is 11.4 Å². The highest BCUT2D eigenvalue weighted by Crippen LogP contribution is 2.43. The van der Waals surface area contributed by atoms with Gasteiger partial charge in [0.2, 0.25) is 0 Å². The van der Waals surface area contributed by atoms with Crippen LogP contribution in [0.4, 0.5) is 27.8 Å². The summed E-state index contributed by atoms with van der Waals surface area (Å²) in [7, 11) is 0. The number of carbonyl (C=O) groups is 1. The van der Waals surface area contributed by atoms with Crippen LogP contribution in [0.15, 0.2) is 48.7 Å². The van der Waals surface area contributed by atoms with Crippen LogP contribution in [0.25, 0.3) is 5.69 Å². The van der Waals surface area contributed by atoms with Gasteiger partial charge >= 0.3 is 6.18 Å². The van der Waals surface area contributed by atoms with Crippen LogP contribution < -0.4 is 11.1 Å². The molecule has 3 aromatic rings. The van der Waals surface area contributed by atoms with E-state index in [-0.39, 0.29) is 16.9 Å². The van der Waals surface area contributed by atoms with Gasteiger partial charge in [-0.15, -0.1) is 0 Å². The number of amides is 1. The van der Waals surface area contributed by atoms with Gasteiger partial charge in [0.15, 0.2) is 5.60 Å². The molecule has 5 N–H and O–H groups in total. The summed E-state index contributed by atoms with van der Waals surface area (Å²) in [4.78, 5) is 12.6. The molecule has 0 aliphatic rings. The highest BCUT2D eigenvalue weighted by atomic mass is 19.4. The fraction of sp³-hybridized carbons (Fsp3) is 0.304. The molecule has 188 valence electrons. The number of nitrogens with two attached hydrogens (primary N) is 1. The Kier molecular flexibility index (Phi) is 6.80. The lowest BCUT2D eigenvalue weighted by molar-refractivity contribution is -0.263. The van der Waals surface area contributed by atoms with E-state index in [4.69, 9.17) is 5.73 Å². The van der Waals surface area contributed by atoms with Crippen LogP contribution in [0, 0.1) is 11.6 Å². The number of aliphatic hydroxyl groups is 1. The van der Waals surface area contributed by atoms with Crippen LogP contribution in [0.1, 0.15) is 36.2 Å². The molecule has 1 amide bonds. The predicted molar refractivity (Wildman–Crippen MR) is 117 cm³/mol. The molecule has 1 atom stereocenters. The third-order valence-electron chi connectivity index (χ3n) is 5.61. The number of nitrogen functional groups attached to an aromatic ring is 1. The van der Waals surface area contributed by atoms with Crippen LogP contribution in [0.5, 0.6) is 5.75 Å². The van der Waals surface area contributed by atoms with E-state index >= 15 is 0 Å². The molecule has 3 rings (SSSR count). The van der Waals surface area contributed by atoms with Gasteiger partial charge in [0.05, 0.1) is 18.4 Å². The Bertz CT molecular complexity index is 1220. The number of hydrogen-bond acceptors (Lipinski definition) is 5. The summed E-state index contributed by atoms with van der Waals surface area (Å²) >= 11 is 0. The van der Waals surface area contributed by atoms with Gasteiger partial charge in [-0.25, -0.2) is 13.5 Å². The number of aromatic hydroxyl groups is 1. The van der Waals surface area contributed by atoms with Crippen LogP contribution in [0.2, 0.25) is 0 Å². The minimum absolute atomic E-state index is 0.142. The van der Waals surface area contributed by atoms with Crippen molar-refractivity contribution >= 4 is 11.7 Å². The molecule has 1 aromatic heterocycles. The number of hydrogen-bond donors (Lipinski definition) is 4. The molecule has 0 saturated carbocycles. The molecule has 1 unspecified atom stereocenters. The third kappa shape index (κ3) is 5.37. The topological polar surface area (TPSA) is 113 Å². The molecule has 0 radical (unpaired) electrons. The number of aromatic nitrogens is 2. The highest BCUT2D eigenvalue weighted by molar-refractivity contribution is 5.98. The standard InChI is InChI=1S/C23H23F5N4O3/c1-21(2,17-9-14(25)5-8-18(17)33)11-22(35,23(26,27)28)12-30-20(34)16-10-31-32(19(16)29)15-6-3-13(24)4-7-15/h3-10,33,35H,11-12,29H2,1-2H3,(H,30,34). The zero-order valence-corrected chi connectivity index (χ0v) is 18.7. The average Bonchev–Trinajstić information content (AvgIpc) is 3.14. The maximum Gasteiger partial charge on any atom is 0.418 e. The average molecular weight is 498 g/mol. The van der Waals surface area contributed by atoms with Gasteiger partial charge in [0, 0.05) is 5.56 Å². The largest absolute Gasteiger partial charge is 0.508 e. The molecule has 0 fully saturated rings. The van der Waals surface area contributed by atoms with Crippen molar-refractivity contribution in [3.05, 3.63) is 71.4 Å². The Balaban J connectivity index is 1.83. The lowest BCUT2D eigenvalue weighted by Crippen LogP contribution is -2.56. The van der Waals surface area contributed by atoms with E-state index in [1.165, 1.54) is 26.0 Å². The van der Waals surface area contributed by atoms with Crippen molar-refractivity contribution in [2.75, 3.05) is 12.3 Å². The van der Waals surface area contributed by atoms with E-state index in [0.717, 1.165) is 41.2 Å². The number of nitrogens with one attached hydrogen (secondary N) is 1. The third-order valence-corrected chi connectivity index (χ3v) is 5.61. The second-order valence-corrected chi connectivity index (χ2v) is 8.77. The van der Waals surface area contributed by atoms with Gasteiger partial charge in [-0.1, -0.05) is 13.8 Å². The summed E-state index contributed by atoms with van der Waals surface area (Å²) < 4.78 is 69.6. The van der Waals surface area contributed by atoms with Gasteiger partial charge in [0.1, 0.15) is 28.8 Å². The smallest absolute Gasteiger partial charge is 0.418 e. The molecule has 7 nitrogen and oxygen atoms in total. The number of alkyl halides is 3. The van der Waals surface area contributed by atoms with Crippen LogP contribution in [0.3, 0.4) is 0 Å². The molecule has 0 spiro atoms. The van der Waals surface area contributed by atoms with Crippen LogP contribution in [-0.2, 0) is 5.41 Å². The monoisotopic (exact) mass is 498 g/mol. The fourth-order valence-electron chi connectivity index (χ4n) is 3.78. The van der Waals surface area contributed by atoms with E-state index < -0.39 is 53.4 Å². The maximum absolute atomic E-state index is 13.9. The summed E-state index contributed by atoms with van der Waals surface area (Å²) in [5.41, 5.74) is 0.826. The Labute approximate surface area is 197 Å². The Morgan fingerprint density at radius 3 is 2.29 bits per heavy atom. The summed E-state index contributed by atoms with van der Waals surface area (Å²) in [6.07, 6.45) is -5.18. The lowest BCUT2D eigenvalue weighted by atomic mass is 9.74. The fourth-order valence-corrected chi connectivity index (χ4v) is 3.78. The minimum Gasteiger partial charge on any atom is -0.508 e. The number of phenols is 1. The van der Waals surface area contributed by atoms with E-state index in [1.54, 1.807) is 0 Å². The number of benzene rings is 2. The van der Waals surface area contributed by atoms with Crippen LogP contribution in [-0.4, -0.2) is 44.2 Å². The highest BCUT2D eigenvalue weighted by Gasteiger charge is 2.56. The number of carbonyl (C=O) groups excluding carboxylic acids is 1. The second kappa shape index (κ2) is 9.17. The zero-order chi connectivity index (χ0) is 26.2. The van der Waals surface area contributed by atoms with Crippen molar-refractivity contribution in [1.82, 2.24) is 15.1 Å². The van der Waals surface area contributed by atoms with Gasteiger partial charge in [-0.05, 0) is 54.3 Å². The molecule has 2 aromatic carbocycles. The normalized spacial score (nSPS) is 13.9. The molecular weight excluding hydrogens is 475 g/mol. The SMILES string of the molecule is CC(C)(CC(O)(CNC(=O)c1cnn(-c2ccc(F)cc2)c1N)C(F)(F)F)c1cc(F)ccc1O. The predicted octanol–water partition coefficient (Wildman–Crippen LogP) is 3.83. The van der Waals surface area contributed by atoms with E-state index in [1.807, 2.05) is 5.32 Å². The van der Waals surface area contributed by atoms with E-state index in [0.29, 0.717) is 5.69 Å². The van der Waals surface area contributed by atoms with Crippen molar-refractivity contribution in [2.45, 2.75) is 37.5 Å². The van der Waals surface area contributed by atoms with Crippen molar-refractivity contribution < 1.29 is 37.0 Å². The molecule has 1 heterocycles. The molecule has 0 aliphatic heterocycles. The quantitative estimate of drug-likeness (QED) is 0.370. The summed E-state index contributed by atoms with van der Waals surface area (Å²) in [5.74, 6) is -2.98. The number of nitrogens with zero attached hydrogens (tertiary/aromatic N) is 2. The summed E-state index contributed by atoms with van der Waals surface area (Å²) in [6.45, 7) is 1.34. The Morgan fingerprint density at radius 1 is 1.09 bits per heavy atom. The number of rotatable bonds is 7. The minimum atomic E-state index is -5.19. The Morgan fingerprint density at radius 2 is 1.69 bits per heavy atom. The van der Waals surface area contributed by atoms with Gasteiger partial charge in [-0.2, -0.15) is 18.3 Å². The first kappa shape index (κ1) is 25.9. The first-order valence-corrected chi connectivity index (χ1v) is 10.3. The molecule has 12 heteroatoms. The zero-order valence-electron chi connectivity index (χ0n) is 18.7. The lowest BCUT2D eigenvalue weighted by Gasteiger charge is -2.38. The second-order valence-electron chi connectivity index (χ2n) is 8.77. The Hall–Kier alpha value is -3.67. The first-order chi connectivity index (χ1) is 16.1. The van der Waals surface area contributed by atoms with Crippen molar-refractivity contribution in [2.24, 2.45) is 0 Å². The molecule has 0 bridgehead atoms. The molecule has 0 saturated heterocycles. The molecule has 0 aliphatic carbocycles. The van der Waals surface area contributed by atoms with E-state index in [9.17, 15) is 37.0 Å². The van der Waals surface area contributed by atoms with Gasteiger partial charge in [-0.3, -0.25) is 4.79 Å². The van der Waals surface area contributed by atoms with Crippen molar-refractivity contribution in [1.29, 1.82) is 0 Å². The van der Waals surface area contributed by atoms with E-state index in [2.05, 4.69) is 5.10 Å². The summed E-state index contributed by atoms with van der Waals surface area (Å²) in [6, 6.07) is 7.79. The first-order valence-electron chi connectivity index (χ1n) is 10.3. The molecule has 35 heavy (non-hydrogen) atoms. The van der Waals surface area contributed by atoms with Gasteiger partial charge in [0.25, 0.3) is 5.91 Å². The van der Waals surface area contributed by atoms with Gasteiger partial charge < -0.3 is 21.3 Å². The number of phenolic OH excluding ortho intramolecular Hbond substituents is 1. The van der Waals surface area contributed by atoms with Crippen LogP contribution >= 0.6 is 0 Å². The summed E-state index contributed by atoms with van der Waals surface area (Å²) in [5, 5.41) is 26.5. The number of anilines is 1. The van der Waals surface area contributed by atoms with Crippen molar-refractivity contribution in [3.63, 3.8) is 0 Å². The maximum atomic E-state index is 13.9. The molecular formula is C23H23F5N4O3. The number of halogens is 5.